The summed E-state index contributed by atoms with van der Waals surface area (Å²) in [6.45, 7) is 2.30. The molecule has 0 fully saturated rings. The zero-order valence-electron chi connectivity index (χ0n) is 9.01. The van der Waals surface area contributed by atoms with Crippen LogP contribution in [0.4, 0.5) is 5.69 Å². The number of nitrogens with zero attached hydrogens (tertiary/aromatic N) is 1. The minimum Gasteiger partial charge on any atom is -0.490 e. The highest BCUT2D eigenvalue weighted by Gasteiger charge is 2.07. The number of amides is 1. The number of rotatable bonds is 5. The first kappa shape index (κ1) is 11.5. The third-order valence-electron chi connectivity index (χ3n) is 1.91. The van der Waals surface area contributed by atoms with Crippen LogP contribution in [0.3, 0.4) is 0 Å². The Morgan fingerprint density at radius 2 is 2.20 bits per heavy atom. The lowest BCUT2D eigenvalue weighted by molar-refractivity contribution is -0.107. The molecule has 0 saturated carbocycles. The highest BCUT2D eigenvalue weighted by molar-refractivity contribution is 5.77. The number of nitrogens with two attached hydrogens (primary N) is 1. The maximum absolute atomic E-state index is 10.6. The monoisotopic (exact) mass is 208 g/mol. The molecule has 0 unspecified atom stereocenters. The van der Waals surface area contributed by atoms with Gasteiger partial charge in [-0.2, -0.15) is 0 Å². The second kappa shape index (κ2) is 5.36. The van der Waals surface area contributed by atoms with Crippen LogP contribution in [0.1, 0.15) is 6.92 Å². The van der Waals surface area contributed by atoms with Gasteiger partial charge in [0.05, 0.1) is 5.69 Å². The molecule has 4 nitrogen and oxygen atoms in total. The second-order valence-corrected chi connectivity index (χ2v) is 3.47. The fraction of sp³-hybridized carbons (Fsp3) is 0.364. The van der Waals surface area contributed by atoms with Gasteiger partial charge < -0.3 is 15.4 Å². The third-order valence-corrected chi connectivity index (χ3v) is 1.91. The highest BCUT2D eigenvalue weighted by Crippen LogP contribution is 2.26. The van der Waals surface area contributed by atoms with Crippen LogP contribution in [0.15, 0.2) is 24.3 Å². The van der Waals surface area contributed by atoms with E-state index in [0.717, 1.165) is 12.1 Å². The summed E-state index contributed by atoms with van der Waals surface area (Å²) in [5.41, 5.74) is 6.33. The summed E-state index contributed by atoms with van der Waals surface area (Å²) < 4.78 is 5.50. The van der Waals surface area contributed by atoms with E-state index < -0.39 is 0 Å². The van der Waals surface area contributed by atoms with Gasteiger partial charge in [0.2, 0.25) is 6.41 Å². The minimum atomic E-state index is -0.0282. The molecule has 1 aromatic rings. The van der Waals surface area contributed by atoms with E-state index >= 15 is 0 Å². The smallest absolute Gasteiger partial charge is 0.213 e. The Hall–Kier alpha value is -1.55. The number of anilines is 1. The lowest BCUT2D eigenvalue weighted by atomic mass is 10.3. The van der Waals surface area contributed by atoms with Crippen molar-refractivity contribution in [2.75, 3.05) is 18.6 Å². The molecule has 1 amide bonds. The Labute approximate surface area is 89.6 Å². The van der Waals surface area contributed by atoms with E-state index in [0.29, 0.717) is 12.4 Å². The van der Waals surface area contributed by atoms with Crippen LogP contribution in [-0.2, 0) is 4.79 Å². The number of ether oxygens (including phenoxy) is 1. The lowest BCUT2D eigenvalue weighted by Gasteiger charge is -2.17. The predicted octanol–water partition coefficient (Wildman–Crippen LogP) is 1.01. The van der Waals surface area contributed by atoms with Crippen molar-refractivity contribution in [1.29, 1.82) is 0 Å². The highest BCUT2D eigenvalue weighted by atomic mass is 16.5. The molecule has 1 rings (SSSR count). The van der Waals surface area contributed by atoms with Crippen LogP contribution < -0.4 is 15.4 Å². The molecule has 82 valence electrons. The Kier molecular flexibility index (Phi) is 4.12. The van der Waals surface area contributed by atoms with Crippen molar-refractivity contribution in [2.24, 2.45) is 5.73 Å². The molecular weight excluding hydrogens is 192 g/mol. The number of para-hydroxylation sites is 2. The summed E-state index contributed by atoms with van der Waals surface area (Å²) >= 11 is 0. The Morgan fingerprint density at radius 1 is 1.53 bits per heavy atom. The standard InChI is InChI=1S/C11H16N2O2/c1-9(12)7-15-11-6-4-3-5-10(11)13(2)8-14/h3-6,8-9H,7,12H2,1-2H3/t9-/m1/s1. The van der Waals surface area contributed by atoms with E-state index in [1.165, 1.54) is 4.90 Å². The predicted molar refractivity (Wildman–Crippen MR) is 60.1 cm³/mol. The maximum atomic E-state index is 10.6. The summed E-state index contributed by atoms with van der Waals surface area (Å²) in [6, 6.07) is 7.33. The average molecular weight is 208 g/mol. The van der Waals surface area contributed by atoms with Crippen LogP contribution in [0.2, 0.25) is 0 Å². The third kappa shape index (κ3) is 3.25. The molecule has 0 aliphatic rings. The van der Waals surface area contributed by atoms with E-state index in [1.54, 1.807) is 7.05 Å². The van der Waals surface area contributed by atoms with Crippen molar-refractivity contribution in [3.8, 4) is 5.75 Å². The van der Waals surface area contributed by atoms with Gasteiger partial charge in [0, 0.05) is 13.1 Å². The van der Waals surface area contributed by atoms with Gasteiger partial charge in [-0.15, -0.1) is 0 Å². The Balaban J connectivity index is 2.81. The molecule has 0 radical (unpaired) electrons. The molecule has 0 aromatic heterocycles. The van der Waals surface area contributed by atoms with Gasteiger partial charge in [-0.3, -0.25) is 4.79 Å². The van der Waals surface area contributed by atoms with Gasteiger partial charge >= 0.3 is 0 Å². The van der Waals surface area contributed by atoms with E-state index in [1.807, 2.05) is 31.2 Å². The SMILES string of the molecule is C[C@@H](N)COc1ccccc1N(C)C=O. The Morgan fingerprint density at radius 3 is 2.80 bits per heavy atom. The van der Waals surface area contributed by atoms with Crippen molar-refractivity contribution in [3.63, 3.8) is 0 Å². The first-order valence-electron chi connectivity index (χ1n) is 4.80. The van der Waals surface area contributed by atoms with Gasteiger partial charge in [-0.25, -0.2) is 0 Å². The Bertz CT molecular complexity index is 326. The van der Waals surface area contributed by atoms with E-state index in [2.05, 4.69) is 0 Å². The van der Waals surface area contributed by atoms with Crippen molar-refractivity contribution >= 4 is 12.1 Å². The van der Waals surface area contributed by atoms with E-state index in [9.17, 15) is 4.79 Å². The van der Waals surface area contributed by atoms with Crippen molar-refractivity contribution < 1.29 is 9.53 Å². The normalized spacial score (nSPS) is 11.9. The summed E-state index contributed by atoms with van der Waals surface area (Å²) in [4.78, 5) is 12.1. The van der Waals surface area contributed by atoms with Gasteiger partial charge in [0.15, 0.2) is 0 Å². The summed E-state index contributed by atoms with van der Waals surface area (Å²) in [5, 5.41) is 0. The van der Waals surface area contributed by atoms with Crippen molar-refractivity contribution in [3.05, 3.63) is 24.3 Å². The van der Waals surface area contributed by atoms with Crippen molar-refractivity contribution in [1.82, 2.24) is 0 Å². The zero-order valence-corrected chi connectivity index (χ0v) is 9.01. The molecule has 0 heterocycles. The molecule has 0 saturated heterocycles. The molecule has 2 N–H and O–H groups in total. The van der Waals surface area contributed by atoms with Gasteiger partial charge in [0.1, 0.15) is 12.4 Å². The van der Waals surface area contributed by atoms with E-state index in [4.69, 9.17) is 10.5 Å². The van der Waals surface area contributed by atoms with Crippen LogP contribution in [0, 0.1) is 0 Å². The summed E-state index contributed by atoms with van der Waals surface area (Å²) in [7, 11) is 1.68. The fourth-order valence-electron chi connectivity index (χ4n) is 1.15. The number of carbonyl (C=O) groups is 1. The lowest BCUT2D eigenvalue weighted by Crippen LogP contribution is -2.24. The topological polar surface area (TPSA) is 55.6 Å². The van der Waals surface area contributed by atoms with Crippen LogP contribution >= 0.6 is 0 Å². The molecule has 0 aliphatic carbocycles. The molecule has 15 heavy (non-hydrogen) atoms. The largest absolute Gasteiger partial charge is 0.490 e. The number of hydrogen-bond donors (Lipinski definition) is 1. The zero-order chi connectivity index (χ0) is 11.3. The second-order valence-electron chi connectivity index (χ2n) is 3.47. The molecule has 0 spiro atoms. The molecule has 0 bridgehead atoms. The number of carbonyl (C=O) groups excluding carboxylic acids is 1. The van der Waals surface area contributed by atoms with Gasteiger partial charge in [-0.05, 0) is 19.1 Å². The fourth-order valence-corrected chi connectivity index (χ4v) is 1.15. The van der Waals surface area contributed by atoms with Gasteiger partial charge in [-0.1, -0.05) is 12.1 Å². The number of hydrogen-bond acceptors (Lipinski definition) is 3. The maximum Gasteiger partial charge on any atom is 0.213 e. The van der Waals surface area contributed by atoms with Crippen molar-refractivity contribution in [2.45, 2.75) is 13.0 Å². The van der Waals surface area contributed by atoms with Crippen LogP contribution in [-0.4, -0.2) is 26.1 Å². The summed E-state index contributed by atoms with van der Waals surface area (Å²) in [5.74, 6) is 0.671. The number of benzene rings is 1. The molecule has 0 aliphatic heterocycles. The first-order valence-corrected chi connectivity index (χ1v) is 4.80. The molecule has 1 atom stereocenters. The van der Waals surface area contributed by atoms with Crippen LogP contribution in [0.5, 0.6) is 5.75 Å². The quantitative estimate of drug-likeness (QED) is 0.734. The first-order chi connectivity index (χ1) is 7.15. The molecular formula is C11H16N2O2. The van der Waals surface area contributed by atoms with Crippen LogP contribution in [0.25, 0.3) is 0 Å². The summed E-state index contributed by atoms with van der Waals surface area (Å²) in [6.07, 6.45) is 0.744. The van der Waals surface area contributed by atoms with E-state index in [-0.39, 0.29) is 6.04 Å². The van der Waals surface area contributed by atoms with Gasteiger partial charge in [0.25, 0.3) is 0 Å². The minimum absolute atomic E-state index is 0.0282. The molecule has 1 aromatic carbocycles. The molecule has 4 heteroatoms. The average Bonchev–Trinajstić information content (AvgIpc) is 2.25.